The van der Waals surface area contributed by atoms with Gasteiger partial charge in [-0.05, 0) is 42.5 Å². The summed E-state index contributed by atoms with van der Waals surface area (Å²) >= 11 is 12.0. The first kappa shape index (κ1) is 20.8. The number of hydrogen-bond donors (Lipinski definition) is 1. The van der Waals surface area contributed by atoms with E-state index in [9.17, 15) is 0 Å². The van der Waals surface area contributed by atoms with Gasteiger partial charge in [0.25, 0.3) is 0 Å². The van der Waals surface area contributed by atoms with Gasteiger partial charge < -0.3 is 9.73 Å². The highest BCUT2D eigenvalue weighted by molar-refractivity contribution is 6.35. The number of nitrogens with one attached hydrogen (secondary N) is 1. The van der Waals surface area contributed by atoms with Gasteiger partial charge in [-0.3, -0.25) is 4.98 Å². The average molecular weight is 406 g/mol. The molecule has 0 saturated carbocycles. The third-order valence-corrected chi connectivity index (χ3v) is 3.58. The van der Waals surface area contributed by atoms with Crippen LogP contribution in [0.1, 0.15) is 11.5 Å². The van der Waals surface area contributed by atoms with E-state index in [2.05, 4.69) is 10.3 Å². The maximum Gasteiger partial charge on any atom is 0.134 e. The van der Waals surface area contributed by atoms with E-state index in [0.29, 0.717) is 23.1 Å². The van der Waals surface area contributed by atoms with Gasteiger partial charge in [0.15, 0.2) is 0 Å². The molecule has 1 aromatic carbocycles. The molecule has 3 nitrogen and oxygen atoms in total. The van der Waals surface area contributed by atoms with Crippen LogP contribution in [-0.2, 0) is 13.1 Å². The van der Waals surface area contributed by atoms with Crippen molar-refractivity contribution in [3.05, 3.63) is 76.2 Å². The Balaban J connectivity index is 0.00000144. The van der Waals surface area contributed by atoms with Crippen molar-refractivity contribution in [2.75, 3.05) is 0 Å². The Morgan fingerprint density at radius 1 is 0.917 bits per heavy atom. The van der Waals surface area contributed by atoms with Crippen LogP contribution in [0.4, 0.5) is 0 Å². The van der Waals surface area contributed by atoms with Crippen molar-refractivity contribution in [1.29, 1.82) is 0 Å². The van der Waals surface area contributed by atoms with Crippen molar-refractivity contribution in [1.82, 2.24) is 10.3 Å². The summed E-state index contributed by atoms with van der Waals surface area (Å²) in [5, 5.41) is 4.48. The number of hydrogen-bond acceptors (Lipinski definition) is 3. The van der Waals surface area contributed by atoms with Crippen LogP contribution in [0.3, 0.4) is 0 Å². The van der Waals surface area contributed by atoms with Gasteiger partial charge in [0.2, 0.25) is 0 Å². The molecule has 3 rings (SSSR count). The lowest BCUT2D eigenvalue weighted by atomic mass is 10.2. The predicted molar refractivity (Wildman–Crippen MR) is 103 cm³/mol. The van der Waals surface area contributed by atoms with Crippen molar-refractivity contribution < 1.29 is 4.42 Å². The molecule has 0 atom stereocenters. The molecule has 0 spiro atoms. The molecule has 0 unspecified atom stereocenters. The maximum atomic E-state index is 6.01. The Morgan fingerprint density at radius 3 is 2.33 bits per heavy atom. The monoisotopic (exact) mass is 404 g/mol. The summed E-state index contributed by atoms with van der Waals surface area (Å²) in [4.78, 5) is 4.26. The number of pyridine rings is 1. The van der Waals surface area contributed by atoms with Crippen LogP contribution in [-0.4, -0.2) is 4.98 Å². The van der Waals surface area contributed by atoms with Gasteiger partial charge in [0.1, 0.15) is 11.5 Å². The molecule has 1 N–H and O–H groups in total. The minimum atomic E-state index is 0. The molecule has 3 aromatic rings. The molecule has 0 bridgehead atoms. The van der Waals surface area contributed by atoms with Crippen LogP contribution < -0.4 is 5.32 Å². The molecule has 2 aromatic heterocycles. The SMILES string of the molecule is Cl.Cl.Clc1cc(Cl)cc(-c2ccc(CNCc3ccccn3)o2)c1. The molecule has 128 valence electrons. The molecular formula is C17H16Cl4N2O. The first-order chi connectivity index (χ1) is 10.7. The van der Waals surface area contributed by atoms with Gasteiger partial charge in [-0.15, -0.1) is 24.8 Å². The zero-order valence-electron chi connectivity index (χ0n) is 12.5. The van der Waals surface area contributed by atoms with Gasteiger partial charge in [-0.2, -0.15) is 0 Å². The van der Waals surface area contributed by atoms with E-state index in [0.717, 1.165) is 22.8 Å². The van der Waals surface area contributed by atoms with E-state index in [1.54, 1.807) is 12.3 Å². The number of rotatable bonds is 5. The summed E-state index contributed by atoms with van der Waals surface area (Å²) in [5.74, 6) is 1.60. The summed E-state index contributed by atoms with van der Waals surface area (Å²) in [6.45, 7) is 1.32. The quantitative estimate of drug-likeness (QED) is 0.584. The normalized spacial score (nSPS) is 9.92. The summed E-state index contributed by atoms with van der Waals surface area (Å²) < 4.78 is 5.82. The number of aromatic nitrogens is 1. The first-order valence-corrected chi connectivity index (χ1v) is 7.62. The van der Waals surface area contributed by atoms with Crippen LogP contribution in [0.2, 0.25) is 10.0 Å². The third kappa shape index (κ3) is 5.69. The summed E-state index contributed by atoms with van der Waals surface area (Å²) in [7, 11) is 0. The number of nitrogens with zero attached hydrogens (tertiary/aromatic N) is 1. The molecule has 0 aliphatic heterocycles. The van der Waals surface area contributed by atoms with E-state index in [1.807, 2.05) is 42.5 Å². The molecule has 0 amide bonds. The highest BCUT2D eigenvalue weighted by atomic mass is 35.5. The van der Waals surface area contributed by atoms with Gasteiger partial charge in [0, 0.05) is 28.4 Å². The molecule has 0 saturated heterocycles. The highest BCUT2D eigenvalue weighted by Crippen LogP contribution is 2.28. The molecule has 24 heavy (non-hydrogen) atoms. The summed E-state index contributed by atoms with van der Waals surface area (Å²) in [6, 6.07) is 15.1. The lowest BCUT2D eigenvalue weighted by molar-refractivity contribution is 0.492. The van der Waals surface area contributed by atoms with Crippen molar-refractivity contribution >= 4 is 48.0 Å². The van der Waals surface area contributed by atoms with E-state index < -0.39 is 0 Å². The Kier molecular flexibility index (Phi) is 8.60. The average Bonchev–Trinajstić information content (AvgIpc) is 2.96. The van der Waals surface area contributed by atoms with Gasteiger partial charge in [-0.1, -0.05) is 29.3 Å². The molecule has 0 fully saturated rings. The Morgan fingerprint density at radius 2 is 1.67 bits per heavy atom. The lowest BCUT2D eigenvalue weighted by Crippen LogP contribution is -2.12. The maximum absolute atomic E-state index is 6.01. The van der Waals surface area contributed by atoms with Crippen molar-refractivity contribution in [2.45, 2.75) is 13.1 Å². The number of furan rings is 1. The van der Waals surface area contributed by atoms with Crippen molar-refractivity contribution in [3.8, 4) is 11.3 Å². The molecule has 7 heteroatoms. The smallest absolute Gasteiger partial charge is 0.134 e. The van der Waals surface area contributed by atoms with Crippen molar-refractivity contribution in [2.24, 2.45) is 0 Å². The molecular weight excluding hydrogens is 390 g/mol. The molecule has 0 radical (unpaired) electrons. The molecule has 0 aliphatic carbocycles. The molecule has 2 heterocycles. The van der Waals surface area contributed by atoms with Crippen LogP contribution in [0.25, 0.3) is 11.3 Å². The van der Waals surface area contributed by atoms with Gasteiger partial charge in [0.05, 0.1) is 12.2 Å². The minimum absolute atomic E-state index is 0. The van der Waals surface area contributed by atoms with Crippen LogP contribution in [0.15, 0.2) is 59.1 Å². The third-order valence-electron chi connectivity index (χ3n) is 3.14. The van der Waals surface area contributed by atoms with Crippen molar-refractivity contribution in [3.63, 3.8) is 0 Å². The highest BCUT2D eigenvalue weighted by Gasteiger charge is 2.07. The van der Waals surface area contributed by atoms with E-state index in [1.165, 1.54) is 0 Å². The van der Waals surface area contributed by atoms with Gasteiger partial charge in [-0.25, -0.2) is 0 Å². The van der Waals surface area contributed by atoms with Crippen LogP contribution in [0.5, 0.6) is 0 Å². The van der Waals surface area contributed by atoms with Crippen LogP contribution >= 0.6 is 48.0 Å². The fourth-order valence-corrected chi connectivity index (χ4v) is 2.67. The van der Waals surface area contributed by atoms with Crippen LogP contribution in [0, 0.1) is 0 Å². The predicted octanol–water partition coefficient (Wildman–Crippen LogP) is 5.78. The fraction of sp³-hybridized carbons (Fsp3) is 0.118. The lowest BCUT2D eigenvalue weighted by Gasteiger charge is -2.02. The topological polar surface area (TPSA) is 38.1 Å². The molecule has 0 aliphatic rings. The van der Waals surface area contributed by atoms with E-state index >= 15 is 0 Å². The number of halogens is 4. The first-order valence-electron chi connectivity index (χ1n) is 6.86. The zero-order chi connectivity index (χ0) is 15.4. The Hall–Kier alpha value is -1.23. The van der Waals surface area contributed by atoms with Gasteiger partial charge >= 0.3 is 0 Å². The standard InChI is InChI=1S/C17H14Cl2N2O.2ClH/c18-13-7-12(8-14(19)9-13)17-5-4-16(22-17)11-20-10-15-3-1-2-6-21-15;;/h1-9,20H,10-11H2;2*1H. The second-order valence-corrected chi connectivity index (χ2v) is 5.72. The zero-order valence-corrected chi connectivity index (χ0v) is 15.7. The fourth-order valence-electron chi connectivity index (χ4n) is 2.14. The minimum Gasteiger partial charge on any atom is -0.460 e. The Labute approximate surface area is 163 Å². The largest absolute Gasteiger partial charge is 0.460 e. The summed E-state index contributed by atoms with van der Waals surface area (Å²) in [5.41, 5.74) is 1.87. The summed E-state index contributed by atoms with van der Waals surface area (Å²) in [6.07, 6.45) is 1.78. The second kappa shape index (κ2) is 9.92. The van der Waals surface area contributed by atoms with E-state index in [-0.39, 0.29) is 24.8 Å². The number of benzene rings is 1. The second-order valence-electron chi connectivity index (χ2n) is 4.85. The Bertz CT molecular complexity index is 742. The van der Waals surface area contributed by atoms with E-state index in [4.69, 9.17) is 27.6 Å².